The van der Waals surface area contributed by atoms with Gasteiger partial charge in [-0.05, 0) is 40.2 Å². The highest BCUT2D eigenvalue weighted by atomic mass is 16.6. The van der Waals surface area contributed by atoms with Crippen molar-refractivity contribution in [1.82, 2.24) is 10.6 Å². The molecule has 0 aromatic heterocycles. The Balaban J connectivity index is 2.37. The highest BCUT2D eigenvalue weighted by Crippen LogP contribution is 2.11. The van der Waals surface area contributed by atoms with E-state index in [2.05, 4.69) is 16.7 Å². The number of nitriles is 1. The lowest BCUT2D eigenvalue weighted by Crippen LogP contribution is -2.48. The van der Waals surface area contributed by atoms with E-state index in [9.17, 15) is 4.79 Å². The first kappa shape index (κ1) is 12.8. The molecule has 16 heavy (non-hydrogen) atoms. The van der Waals surface area contributed by atoms with E-state index < -0.39 is 11.7 Å². The lowest BCUT2D eigenvalue weighted by molar-refractivity contribution is 0.0493. The molecular formula is C11H19N3O2. The Labute approximate surface area is 96.2 Å². The Hall–Kier alpha value is -1.28. The van der Waals surface area contributed by atoms with E-state index in [4.69, 9.17) is 10.00 Å². The summed E-state index contributed by atoms with van der Waals surface area (Å²) >= 11 is 0. The Bertz CT molecular complexity index is 291. The van der Waals surface area contributed by atoms with Gasteiger partial charge in [0.25, 0.3) is 0 Å². The number of hydrogen-bond acceptors (Lipinski definition) is 4. The van der Waals surface area contributed by atoms with E-state index in [0.717, 1.165) is 13.0 Å². The summed E-state index contributed by atoms with van der Waals surface area (Å²) < 4.78 is 5.16. The standard InChI is InChI=1S/C11H19N3O2/c1-11(2,3)16-10(15)14-8-4-5-13-9(6-8)7-12/h8-9,13H,4-6H2,1-3H3,(H,14,15)/t8?,9-/m0/s1. The van der Waals surface area contributed by atoms with E-state index in [0.29, 0.717) is 6.42 Å². The number of carbonyl (C=O) groups excluding carboxylic acids is 1. The molecule has 0 aromatic carbocycles. The first-order chi connectivity index (χ1) is 7.40. The maximum Gasteiger partial charge on any atom is 0.407 e. The number of carbonyl (C=O) groups is 1. The molecule has 5 heteroatoms. The molecule has 1 aliphatic heterocycles. The second-order valence-corrected chi connectivity index (χ2v) is 5.00. The van der Waals surface area contributed by atoms with Crippen molar-refractivity contribution in [2.24, 2.45) is 0 Å². The summed E-state index contributed by atoms with van der Waals surface area (Å²) in [6.45, 7) is 6.23. The lowest BCUT2D eigenvalue weighted by Gasteiger charge is -2.28. The molecule has 1 fully saturated rings. The molecule has 90 valence electrons. The topological polar surface area (TPSA) is 74.2 Å². The molecule has 2 atom stereocenters. The van der Waals surface area contributed by atoms with Gasteiger partial charge in [-0.2, -0.15) is 5.26 Å². The molecule has 1 aliphatic rings. The van der Waals surface area contributed by atoms with Crippen molar-refractivity contribution in [1.29, 1.82) is 5.26 Å². The van der Waals surface area contributed by atoms with Crippen LogP contribution in [-0.2, 0) is 4.74 Å². The molecule has 2 N–H and O–H groups in total. The van der Waals surface area contributed by atoms with Gasteiger partial charge >= 0.3 is 6.09 Å². The van der Waals surface area contributed by atoms with Crippen molar-refractivity contribution in [2.75, 3.05) is 6.54 Å². The SMILES string of the molecule is CC(C)(C)OC(=O)NC1CCN[C@H](C#N)C1. The van der Waals surface area contributed by atoms with Gasteiger partial charge in [-0.1, -0.05) is 0 Å². The van der Waals surface area contributed by atoms with Crippen molar-refractivity contribution >= 4 is 6.09 Å². The number of ether oxygens (including phenoxy) is 1. The van der Waals surface area contributed by atoms with Crippen LogP contribution in [0.5, 0.6) is 0 Å². The zero-order chi connectivity index (χ0) is 12.2. The number of amides is 1. The summed E-state index contributed by atoms with van der Waals surface area (Å²) in [7, 11) is 0. The summed E-state index contributed by atoms with van der Waals surface area (Å²) in [5.74, 6) is 0. The average molecular weight is 225 g/mol. The van der Waals surface area contributed by atoms with Gasteiger partial charge in [-0.3, -0.25) is 0 Å². The van der Waals surface area contributed by atoms with Gasteiger partial charge in [0, 0.05) is 6.04 Å². The fourth-order valence-corrected chi connectivity index (χ4v) is 1.62. The molecule has 0 aromatic rings. The summed E-state index contributed by atoms with van der Waals surface area (Å²) in [5.41, 5.74) is -0.481. The molecule has 0 saturated carbocycles. The summed E-state index contributed by atoms with van der Waals surface area (Å²) in [4.78, 5) is 11.5. The second kappa shape index (κ2) is 5.17. The normalized spacial score (nSPS) is 25.6. The number of rotatable bonds is 1. The Kier molecular flexibility index (Phi) is 4.13. The minimum atomic E-state index is -0.481. The molecule has 1 rings (SSSR count). The summed E-state index contributed by atoms with van der Waals surface area (Å²) in [6.07, 6.45) is 1.06. The first-order valence-electron chi connectivity index (χ1n) is 5.53. The summed E-state index contributed by atoms with van der Waals surface area (Å²) in [5, 5.41) is 14.6. The van der Waals surface area contributed by atoms with E-state index in [-0.39, 0.29) is 12.1 Å². The van der Waals surface area contributed by atoms with Gasteiger partial charge in [-0.15, -0.1) is 0 Å². The van der Waals surface area contributed by atoms with Crippen LogP contribution in [0.3, 0.4) is 0 Å². The van der Waals surface area contributed by atoms with Crippen LogP contribution in [0.4, 0.5) is 4.79 Å². The van der Waals surface area contributed by atoms with Gasteiger partial charge in [0.2, 0.25) is 0 Å². The third-order valence-electron chi connectivity index (χ3n) is 2.28. The molecule has 1 amide bonds. The molecule has 5 nitrogen and oxygen atoms in total. The average Bonchev–Trinajstić information content (AvgIpc) is 2.15. The van der Waals surface area contributed by atoms with E-state index >= 15 is 0 Å². The molecular weight excluding hydrogens is 206 g/mol. The number of piperidine rings is 1. The fourth-order valence-electron chi connectivity index (χ4n) is 1.62. The molecule has 0 spiro atoms. The summed E-state index contributed by atoms with van der Waals surface area (Å²) in [6, 6.07) is 2.01. The number of nitrogens with zero attached hydrogens (tertiary/aromatic N) is 1. The monoisotopic (exact) mass is 225 g/mol. The van der Waals surface area contributed by atoms with Crippen LogP contribution in [0.15, 0.2) is 0 Å². The number of nitrogens with one attached hydrogen (secondary N) is 2. The third kappa shape index (κ3) is 4.49. The predicted octanol–water partition coefficient (Wildman–Crippen LogP) is 1.16. The van der Waals surface area contributed by atoms with Crippen LogP contribution >= 0.6 is 0 Å². The van der Waals surface area contributed by atoms with Crippen LogP contribution in [0.1, 0.15) is 33.6 Å². The largest absolute Gasteiger partial charge is 0.444 e. The van der Waals surface area contributed by atoms with E-state index in [1.54, 1.807) is 0 Å². The van der Waals surface area contributed by atoms with Gasteiger partial charge in [-0.25, -0.2) is 4.79 Å². The smallest absolute Gasteiger partial charge is 0.407 e. The minimum Gasteiger partial charge on any atom is -0.444 e. The number of alkyl carbamates (subject to hydrolysis) is 1. The van der Waals surface area contributed by atoms with Gasteiger partial charge < -0.3 is 15.4 Å². The maximum atomic E-state index is 11.5. The molecule has 1 heterocycles. The fraction of sp³-hybridized carbons (Fsp3) is 0.818. The van der Waals surface area contributed by atoms with Crippen LogP contribution < -0.4 is 10.6 Å². The second-order valence-electron chi connectivity index (χ2n) is 5.00. The van der Waals surface area contributed by atoms with Crippen LogP contribution in [0.2, 0.25) is 0 Å². The van der Waals surface area contributed by atoms with Crippen molar-refractivity contribution in [3.05, 3.63) is 0 Å². The van der Waals surface area contributed by atoms with Crippen LogP contribution in [0, 0.1) is 11.3 Å². The van der Waals surface area contributed by atoms with Crippen molar-refractivity contribution in [3.63, 3.8) is 0 Å². The van der Waals surface area contributed by atoms with Gasteiger partial charge in [0.15, 0.2) is 0 Å². The molecule has 0 radical (unpaired) electrons. The predicted molar refractivity (Wildman–Crippen MR) is 59.8 cm³/mol. The van der Waals surface area contributed by atoms with Crippen molar-refractivity contribution in [3.8, 4) is 6.07 Å². The van der Waals surface area contributed by atoms with Crippen molar-refractivity contribution < 1.29 is 9.53 Å². The Morgan fingerprint density at radius 1 is 1.56 bits per heavy atom. The minimum absolute atomic E-state index is 0.0285. The van der Waals surface area contributed by atoms with Gasteiger partial charge in [0.05, 0.1) is 12.1 Å². The van der Waals surface area contributed by atoms with E-state index in [1.807, 2.05) is 20.8 Å². The van der Waals surface area contributed by atoms with E-state index in [1.165, 1.54) is 0 Å². The zero-order valence-electron chi connectivity index (χ0n) is 10.0. The zero-order valence-corrected chi connectivity index (χ0v) is 10.0. The molecule has 1 unspecified atom stereocenters. The highest BCUT2D eigenvalue weighted by molar-refractivity contribution is 5.68. The Morgan fingerprint density at radius 2 is 2.25 bits per heavy atom. The highest BCUT2D eigenvalue weighted by Gasteiger charge is 2.24. The molecule has 1 saturated heterocycles. The van der Waals surface area contributed by atoms with Crippen LogP contribution in [0.25, 0.3) is 0 Å². The number of hydrogen-bond donors (Lipinski definition) is 2. The molecule has 0 aliphatic carbocycles. The maximum absolute atomic E-state index is 11.5. The van der Waals surface area contributed by atoms with Crippen LogP contribution in [-0.4, -0.2) is 30.3 Å². The van der Waals surface area contributed by atoms with Crippen molar-refractivity contribution in [2.45, 2.75) is 51.3 Å². The first-order valence-corrected chi connectivity index (χ1v) is 5.53. The molecule has 0 bridgehead atoms. The Morgan fingerprint density at radius 3 is 2.81 bits per heavy atom. The quantitative estimate of drug-likeness (QED) is 0.702. The lowest BCUT2D eigenvalue weighted by atomic mass is 10.0. The third-order valence-corrected chi connectivity index (χ3v) is 2.28. The van der Waals surface area contributed by atoms with Gasteiger partial charge in [0.1, 0.15) is 5.60 Å².